The molecule has 0 nitrogen and oxygen atoms in total. The van der Waals surface area contributed by atoms with Gasteiger partial charge in [-0.25, -0.2) is 8.78 Å². The van der Waals surface area contributed by atoms with Crippen LogP contribution in [-0.4, -0.2) is 0 Å². The lowest BCUT2D eigenvalue weighted by atomic mass is 9.86. The standard InChI is InChI=1S/C11H11ClF2/c1-11(2)5-8(12)7-3-6(13)4-9(14)10(7)11/h3-4,8H,5H2,1-2H3. The average molecular weight is 217 g/mol. The van der Waals surface area contributed by atoms with E-state index in [0.29, 0.717) is 17.5 Å². The number of hydrogen-bond donors (Lipinski definition) is 0. The van der Waals surface area contributed by atoms with Gasteiger partial charge in [-0.1, -0.05) is 13.8 Å². The molecule has 0 radical (unpaired) electrons. The van der Waals surface area contributed by atoms with Crippen molar-refractivity contribution in [3.8, 4) is 0 Å². The zero-order chi connectivity index (χ0) is 10.5. The van der Waals surface area contributed by atoms with E-state index in [-0.39, 0.29) is 10.8 Å². The molecule has 0 aromatic heterocycles. The predicted molar refractivity (Wildman–Crippen MR) is 52.6 cm³/mol. The molecule has 0 bridgehead atoms. The molecule has 0 fully saturated rings. The minimum absolute atomic E-state index is 0.273. The van der Waals surface area contributed by atoms with Crippen LogP contribution in [-0.2, 0) is 5.41 Å². The van der Waals surface area contributed by atoms with Crippen LogP contribution >= 0.6 is 11.6 Å². The fraction of sp³-hybridized carbons (Fsp3) is 0.455. The summed E-state index contributed by atoms with van der Waals surface area (Å²) in [7, 11) is 0. The third kappa shape index (κ3) is 1.33. The monoisotopic (exact) mass is 216 g/mol. The molecule has 14 heavy (non-hydrogen) atoms. The first-order valence-corrected chi connectivity index (χ1v) is 4.99. The van der Waals surface area contributed by atoms with Crippen molar-refractivity contribution in [1.29, 1.82) is 0 Å². The van der Waals surface area contributed by atoms with Crippen molar-refractivity contribution in [1.82, 2.24) is 0 Å². The smallest absolute Gasteiger partial charge is 0.130 e. The molecule has 1 aromatic carbocycles. The van der Waals surface area contributed by atoms with Gasteiger partial charge in [-0.15, -0.1) is 11.6 Å². The topological polar surface area (TPSA) is 0 Å². The summed E-state index contributed by atoms with van der Waals surface area (Å²) in [5, 5.41) is -0.273. The third-order valence-electron chi connectivity index (χ3n) is 2.79. The first-order valence-electron chi connectivity index (χ1n) is 4.55. The van der Waals surface area contributed by atoms with Crippen molar-refractivity contribution in [2.45, 2.75) is 31.1 Å². The highest BCUT2D eigenvalue weighted by atomic mass is 35.5. The van der Waals surface area contributed by atoms with Crippen molar-refractivity contribution < 1.29 is 8.78 Å². The van der Waals surface area contributed by atoms with Crippen LogP contribution in [0.3, 0.4) is 0 Å². The molecular formula is C11H11ClF2. The minimum atomic E-state index is -0.551. The largest absolute Gasteiger partial charge is 0.207 e. The predicted octanol–water partition coefficient (Wildman–Crippen LogP) is 3.93. The molecule has 1 aliphatic carbocycles. The number of alkyl halides is 1. The van der Waals surface area contributed by atoms with E-state index in [2.05, 4.69) is 0 Å². The fourth-order valence-corrected chi connectivity index (χ4v) is 2.77. The second-order valence-electron chi connectivity index (χ2n) is 4.41. The van der Waals surface area contributed by atoms with Crippen LogP contribution in [0.4, 0.5) is 8.78 Å². The van der Waals surface area contributed by atoms with E-state index < -0.39 is 11.6 Å². The number of hydrogen-bond acceptors (Lipinski definition) is 0. The molecule has 0 aliphatic heterocycles. The highest BCUT2D eigenvalue weighted by Gasteiger charge is 2.38. The van der Waals surface area contributed by atoms with Gasteiger partial charge in [0.2, 0.25) is 0 Å². The van der Waals surface area contributed by atoms with Gasteiger partial charge in [0.25, 0.3) is 0 Å². The zero-order valence-electron chi connectivity index (χ0n) is 8.07. The van der Waals surface area contributed by atoms with Crippen LogP contribution in [0.25, 0.3) is 0 Å². The van der Waals surface area contributed by atoms with Gasteiger partial charge >= 0.3 is 0 Å². The average Bonchev–Trinajstić information content (AvgIpc) is 2.21. The normalized spacial score (nSPS) is 23.6. The summed E-state index contributed by atoms with van der Waals surface area (Å²) in [4.78, 5) is 0. The van der Waals surface area contributed by atoms with E-state index >= 15 is 0 Å². The molecule has 1 atom stereocenters. The van der Waals surface area contributed by atoms with Crippen LogP contribution in [0.2, 0.25) is 0 Å². The quantitative estimate of drug-likeness (QED) is 0.577. The fourth-order valence-electron chi connectivity index (χ4n) is 2.21. The molecule has 0 heterocycles. The first-order chi connectivity index (χ1) is 6.42. The molecule has 76 valence electrons. The van der Waals surface area contributed by atoms with Crippen molar-refractivity contribution >= 4 is 11.6 Å². The summed E-state index contributed by atoms with van der Waals surface area (Å²) >= 11 is 6.04. The summed E-state index contributed by atoms with van der Waals surface area (Å²) < 4.78 is 26.5. The molecule has 0 saturated carbocycles. The van der Waals surface area contributed by atoms with E-state index in [1.165, 1.54) is 6.07 Å². The summed E-state index contributed by atoms with van der Waals surface area (Å²) in [5.74, 6) is -1.03. The Balaban J connectivity index is 2.69. The van der Waals surface area contributed by atoms with Crippen molar-refractivity contribution in [2.24, 2.45) is 0 Å². The molecule has 1 unspecified atom stereocenters. The maximum atomic E-state index is 13.5. The minimum Gasteiger partial charge on any atom is -0.207 e. The van der Waals surface area contributed by atoms with Crippen LogP contribution < -0.4 is 0 Å². The second kappa shape index (κ2) is 2.93. The van der Waals surface area contributed by atoms with Crippen LogP contribution in [0.5, 0.6) is 0 Å². The van der Waals surface area contributed by atoms with E-state index in [1.54, 1.807) is 0 Å². The Morgan fingerprint density at radius 1 is 1.36 bits per heavy atom. The van der Waals surface area contributed by atoms with E-state index in [1.807, 2.05) is 13.8 Å². The molecule has 1 aromatic rings. The molecule has 2 rings (SSSR count). The van der Waals surface area contributed by atoms with Crippen molar-refractivity contribution in [3.63, 3.8) is 0 Å². The maximum Gasteiger partial charge on any atom is 0.130 e. The SMILES string of the molecule is CC1(C)CC(Cl)c2cc(F)cc(F)c21. The number of rotatable bonds is 0. The summed E-state index contributed by atoms with van der Waals surface area (Å²) in [6.07, 6.45) is 0.657. The first kappa shape index (κ1) is 9.91. The van der Waals surface area contributed by atoms with Crippen molar-refractivity contribution in [3.05, 3.63) is 34.9 Å². The summed E-state index contributed by atoms with van der Waals surface area (Å²) in [5.41, 5.74) is 0.882. The van der Waals surface area contributed by atoms with E-state index in [4.69, 9.17) is 11.6 Å². The molecule has 1 aliphatic rings. The maximum absolute atomic E-state index is 13.5. The molecule has 3 heteroatoms. The molecule has 0 N–H and O–H groups in total. The van der Waals surface area contributed by atoms with Gasteiger partial charge in [-0.05, 0) is 29.0 Å². The Hall–Kier alpha value is -0.630. The molecular weight excluding hydrogens is 206 g/mol. The summed E-state index contributed by atoms with van der Waals surface area (Å²) in [6.45, 7) is 3.85. The molecule has 0 spiro atoms. The van der Waals surface area contributed by atoms with E-state index in [9.17, 15) is 8.78 Å². The Morgan fingerprint density at radius 3 is 2.64 bits per heavy atom. The van der Waals surface area contributed by atoms with Gasteiger partial charge in [0.15, 0.2) is 0 Å². The van der Waals surface area contributed by atoms with Gasteiger partial charge in [0.1, 0.15) is 11.6 Å². The molecule has 0 amide bonds. The number of halogens is 3. The van der Waals surface area contributed by atoms with Crippen LogP contribution in [0.1, 0.15) is 36.8 Å². The Labute approximate surface area is 86.9 Å². The van der Waals surface area contributed by atoms with Gasteiger partial charge in [-0.2, -0.15) is 0 Å². The second-order valence-corrected chi connectivity index (χ2v) is 4.93. The highest BCUT2D eigenvalue weighted by molar-refractivity contribution is 6.21. The number of benzene rings is 1. The lowest BCUT2D eigenvalue weighted by Crippen LogP contribution is -2.14. The Bertz CT molecular complexity index is 385. The van der Waals surface area contributed by atoms with Gasteiger partial charge in [-0.3, -0.25) is 0 Å². The highest BCUT2D eigenvalue weighted by Crippen LogP contribution is 2.48. The Morgan fingerprint density at radius 2 is 2.00 bits per heavy atom. The Kier molecular flexibility index (Phi) is 2.07. The van der Waals surface area contributed by atoms with E-state index in [0.717, 1.165) is 6.07 Å². The van der Waals surface area contributed by atoms with Gasteiger partial charge < -0.3 is 0 Å². The van der Waals surface area contributed by atoms with Crippen LogP contribution in [0, 0.1) is 11.6 Å². The zero-order valence-corrected chi connectivity index (χ0v) is 8.83. The third-order valence-corrected chi connectivity index (χ3v) is 3.18. The number of fused-ring (bicyclic) bond motifs is 1. The van der Waals surface area contributed by atoms with Gasteiger partial charge in [0, 0.05) is 6.07 Å². The summed E-state index contributed by atoms with van der Waals surface area (Å²) in [6, 6.07) is 2.26. The lowest BCUT2D eigenvalue weighted by Gasteiger charge is -2.19. The molecule has 0 saturated heterocycles. The van der Waals surface area contributed by atoms with Gasteiger partial charge in [0.05, 0.1) is 5.38 Å². The lowest BCUT2D eigenvalue weighted by molar-refractivity contribution is 0.481. The van der Waals surface area contributed by atoms with Crippen molar-refractivity contribution in [2.75, 3.05) is 0 Å². The van der Waals surface area contributed by atoms with Crippen LogP contribution in [0.15, 0.2) is 12.1 Å².